The maximum absolute atomic E-state index is 11.2. The molecule has 0 spiro atoms. The van der Waals surface area contributed by atoms with E-state index in [1.54, 1.807) is 6.92 Å². The topological polar surface area (TPSA) is 26.3 Å². The zero-order valence-electron chi connectivity index (χ0n) is 14.4. The highest BCUT2D eigenvalue weighted by molar-refractivity contribution is 7.99. The minimum atomic E-state index is -0.276. The standard InChI is InChI=1S/C21H26O2S/c1-17(2)21(22)23-14-8-4-3-5-9-15-24-20-13-12-18-10-6-7-11-19(18)16-20/h6-7,10-13,16H,1,3-5,8-9,14-15H2,2H3. The van der Waals surface area contributed by atoms with Crippen molar-refractivity contribution in [3.8, 4) is 0 Å². The summed E-state index contributed by atoms with van der Waals surface area (Å²) in [7, 11) is 0. The van der Waals surface area contributed by atoms with Crippen molar-refractivity contribution in [2.45, 2.75) is 43.9 Å². The summed E-state index contributed by atoms with van der Waals surface area (Å²) in [5, 5.41) is 2.61. The van der Waals surface area contributed by atoms with Gasteiger partial charge in [0.1, 0.15) is 0 Å². The van der Waals surface area contributed by atoms with Crippen LogP contribution in [0.4, 0.5) is 0 Å². The zero-order valence-corrected chi connectivity index (χ0v) is 15.2. The van der Waals surface area contributed by atoms with Gasteiger partial charge in [-0.15, -0.1) is 11.8 Å². The molecular formula is C21H26O2S. The zero-order chi connectivity index (χ0) is 17.2. The Hall–Kier alpha value is -1.74. The van der Waals surface area contributed by atoms with E-state index in [2.05, 4.69) is 49.0 Å². The van der Waals surface area contributed by atoms with Crippen LogP contribution in [-0.2, 0) is 9.53 Å². The predicted molar refractivity (Wildman–Crippen MR) is 104 cm³/mol. The van der Waals surface area contributed by atoms with E-state index in [4.69, 9.17) is 4.74 Å². The maximum atomic E-state index is 11.2. The molecule has 2 aromatic carbocycles. The Balaban J connectivity index is 1.53. The van der Waals surface area contributed by atoms with Crippen LogP contribution in [0, 0.1) is 0 Å². The molecule has 24 heavy (non-hydrogen) atoms. The molecule has 0 aromatic heterocycles. The molecule has 0 heterocycles. The van der Waals surface area contributed by atoms with E-state index in [-0.39, 0.29) is 5.97 Å². The molecule has 0 aliphatic rings. The molecule has 0 aliphatic heterocycles. The molecule has 2 rings (SSSR count). The molecule has 3 heteroatoms. The van der Waals surface area contributed by atoms with Gasteiger partial charge in [0.05, 0.1) is 6.61 Å². The van der Waals surface area contributed by atoms with Crippen LogP contribution in [0.15, 0.2) is 59.5 Å². The summed E-state index contributed by atoms with van der Waals surface area (Å²) in [4.78, 5) is 12.6. The Morgan fingerprint density at radius 3 is 2.50 bits per heavy atom. The van der Waals surface area contributed by atoms with Crippen LogP contribution in [-0.4, -0.2) is 18.3 Å². The lowest BCUT2D eigenvalue weighted by atomic mass is 10.1. The third-order valence-electron chi connectivity index (χ3n) is 3.86. The molecule has 128 valence electrons. The van der Waals surface area contributed by atoms with E-state index in [1.807, 2.05) is 11.8 Å². The summed E-state index contributed by atoms with van der Waals surface area (Å²) in [5.41, 5.74) is 0.473. The van der Waals surface area contributed by atoms with E-state index in [0.29, 0.717) is 12.2 Å². The molecule has 0 unspecified atom stereocenters. The Labute approximate surface area is 149 Å². The number of ether oxygens (including phenoxy) is 1. The summed E-state index contributed by atoms with van der Waals surface area (Å²) < 4.78 is 5.08. The van der Waals surface area contributed by atoms with Crippen molar-refractivity contribution < 1.29 is 9.53 Å². The van der Waals surface area contributed by atoms with E-state index in [0.717, 1.165) is 18.6 Å². The molecule has 0 saturated heterocycles. The van der Waals surface area contributed by atoms with Gasteiger partial charge in [-0.2, -0.15) is 0 Å². The molecule has 0 saturated carbocycles. The van der Waals surface area contributed by atoms with Crippen molar-refractivity contribution in [2.75, 3.05) is 12.4 Å². The SMILES string of the molecule is C=C(C)C(=O)OCCCCCCCSc1ccc2ccccc2c1. The van der Waals surface area contributed by atoms with E-state index >= 15 is 0 Å². The number of rotatable bonds is 10. The number of carbonyl (C=O) groups is 1. The first-order chi connectivity index (χ1) is 11.7. The Kier molecular flexibility index (Phi) is 7.90. The third-order valence-corrected chi connectivity index (χ3v) is 4.94. The summed E-state index contributed by atoms with van der Waals surface area (Å²) >= 11 is 1.93. The van der Waals surface area contributed by atoms with Gasteiger partial charge in [0.2, 0.25) is 0 Å². The fraction of sp³-hybridized carbons (Fsp3) is 0.381. The van der Waals surface area contributed by atoms with Crippen LogP contribution in [0.5, 0.6) is 0 Å². The highest BCUT2D eigenvalue weighted by Crippen LogP contribution is 2.24. The van der Waals surface area contributed by atoms with Crippen LogP contribution in [0.2, 0.25) is 0 Å². The number of unbranched alkanes of at least 4 members (excludes halogenated alkanes) is 4. The van der Waals surface area contributed by atoms with Crippen molar-refractivity contribution in [2.24, 2.45) is 0 Å². The normalized spacial score (nSPS) is 10.7. The van der Waals surface area contributed by atoms with Crippen molar-refractivity contribution in [3.63, 3.8) is 0 Å². The quantitative estimate of drug-likeness (QED) is 0.229. The lowest BCUT2D eigenvalue weighted by Crippen LogP contribution is -2.05. The second-order valence-electron chi connectivity index (χ2n) is 6.04. The first-order valence-electron chi connectivity index (χ1n) is 8.61. The van der Waals surface area contributed by atoms with Gasteiger partial charge in [0.15, 0.2) is 0 Å². The molecule has 2 nitrogen and oxygen atoms in total. The highest BCUT2D eigenvalue weighted by atomic mass is 32.2. The van der Waals surface area contributed by atoms with Gasteiger partial charge in [-0.3, -0.25) is 0 Å². The number of carbonyl (C=O) groups excluding carboxylic acids is 1. The molecule has 0 radical (unpaired) electrons. The van der Waals surface area contributed by atoms with Crippen molar-refractivity contribution >= 4 is 28.5 Å². The van der Waals surface area contributed by atoms with Crippen molar-refractivity contribution in [1.29, 1.82) is 0 Å². The van der Waals surface area contributed by atoms with E-state index in [1.165, 1.54) is 34.9 Å². The Bertz CT molecular complexity index is 678. The molecule has 0 bridgehead atoms. The first-order valence-corrected chi connectivity index (χ1v) is 9.59. The molecule has 0 atom stereocenters. The van der Waals surface area contributed by atoms with Gasteiger partial charge in [-0.05, 0) is 48.4 Å². The van der Waals surface area contributed by atoms with Crippen LogP contribution in [0.25, 0.3) is 10.8 Å². The fourth-order valence-corrected chi connectivity index (χ4v) is 3.43. The second-order valence-corrected chi connectivity index (χ2v) is 7.21. The van der Waals surface area contributed by atoms with E-state index in [9.17, 15) is 4.79 Å². The smallest absolute Gasteiger partial charge is 0.333 e. The van der Waals surface area contributed by atoms with Gasteiger partial charge in [0.25, 0.3) is 0 Å². The minimum Gasteiger partial charge on any atom is -0.462 e. The lowest BCUT2D eigenvalue weighted by molar-refractivity contribution is -0.139. The molecule has 0 aliphatic carbocycles. The number of benzene rings is 2. The highest BCUT2D eigenvalue weighted by Gasteiger charge is 2.02. The average Bonchev–Trinajstić information content (AvgIpc) is 2.59. The second kappa shape index (κ2) is 10.2. The minimum absolute atomic E-state index is 0.276. The van der Waals surface area contributed by atoms with Crippen LogP contribution in [0.1, 0.15) is 39.0 Å². The first kappa shape index (κ1) is 18.6. The predicted octanol–water partition coefficient (Wildman–Crippen LogP) is 6.00. The number of esters is 1. The van der Waals surface area contributed by atoms with Gasteiger partial charge in [-0.1, -0.05) is 56.2 Å². The van der Waals surface area contributed by atoms with Crippen LogP contribution >= 0.6 is 11.8 Å². The number of thioether (sulfide) groups is 1. The summed E-state index contributed by atoms with van der Waals surface area (Å²) in [6.45, 7) is 5.76. The average molecular weight is 343 g/mol. The fourth-order valence-electron chi connectivity index (χ4n) is 2.47. The van der Waals surface area contributed by atoms with Gasteiger partial charge < -0.3 is 4.74 Å². The molecule has 0 N–H and O–H groups in total. The van der Waals surface area contributed by atoms with Crippen LogP contribution < -0.4 is 0 Å². The maximum Gasteiger partial charge on any atom is 0.333 e. The summed E-state index contributed by atoms with van der Waals surface area (Å²) in [6.07, 6.45) is 5.71. The van der Waals surface area contributed by atoms with E-state index < -0.39 is 0 Å². The summed E-state index contributed by atoms with van der Waals surface area (Å²) in [5.74, 6) is 0.880. The summed E-state index contributed by atoms with van der Waals surface area (Å²) in [6, 6.07) is 15.2. The number of fused-ring (bicyclic) bond motifs is 1. The molecule has 0 amide bonds. The number of hydrogen-bond acceptors (Lipinski definition) is 3. The molecule has 0 fully saturated rings. The van der Waals surface area contributed by atoms with Crippen molar-refractivity contribution in [3.05, 3.63) is 54.6 Å². The Morgan fingerprint density at radius 1 is 1.00 bits per heavy atom. The molecular weight excluding hydrogens is 316 g/mol. The van der Waals surface area contributed by atoms with Crippen molar-refractivity contribution in [1.82, 2.24) is 0 Å². The van der Waals surface area contributed by atoms with Gasteiger partial charge in [-0.25, -0.2) is 4.79 Å². The Morgan fingerprint density at radius 2 is 1.71 bits per heavy atom. The molecule has 2 aromatic rings. The van der Waals surface area contributed by atoms with Gasteiger partial charge in [0, 0.05) is 10.5 Å². The lowest BCUT2D eigenvalue weighted by Gasteiger charge is -2.05. The largest absolute Gasteiger partial charge is 0.462 e. The third kappa shape index (κ3) is 6.40. The van der Waals surface area contributed by atoms with Gasteiger partial charge >= 0.3 is 5.97 Å². The number of hydrogen-bond donors (Lipinski definition) is 0. The monoisotopic (exact) mass is 342 g/mol. The van der Waals surface area contributed by atoms with Crippen LogP contribution in [0.3, 0.4) is 0 Å².